The van der Waals surface area contributed by atoms with Crippen molar-refractivity contribution in [2.75, 3.05) is 11.8 Å². The predicted octanol–water partition coefficient (Wildman–Crippen LogP) is 1.42. The number of sulfonamides is 1. The lowest BCUT2D eigenvalue weighted by atomic mass is 9.90. The van der Waals surface area contributed by atoms with Gasteiger partial charge in [0.05, 0.1) is 12.4 Å². The molecule has 1 aliphatic carbocycles. The Balaban J connectivity index is 2.34. The molecule has 1 fully saturated rings. The van der Waals surface area contributed by atoms with E-state index in [1.165, 1.54) is 21.0 Å². The summed E-state index contributed by atoms with van der Waals surface area (Å²) < 4.78 is 31.2. The number of anilines is 1. The molecule has 0 bridgehead atoms. The molecule has 1 heterocycles. The molecule has 0 atom stereocenters. The van der Waals surface area contributed by atoms with Crippen LogP contribution in [0.5, 0.6) is 5.06 Å². The lowest BCUT2D eigenvalue weighted by Crippen LogP contribution is -2.29. The summed E-state index contributed by atoms with van der Waals surface area (Å²) in [4.78, 5) is 15.4. The first-order chi connectivity index (χ1) is 9.18. The van der Waals surface area contributed by atoms with Crippen LogP contribution < -0.4 is 9.46 Å². The summed E-state index contributed by atoms with van der Waals surface area (Å²) in [5, 5.41) is 9.29. The number of nitrogens with zero attached hydrogens (tertiary/aromatic N) is 1. The molecule has 0 unspecified atom stereocenters. The van der Waals surface area contributed by atoms with Crippen LogP contribution in [-0.4, -0.2) is 36.8 Å². The lowest BCUT2D eigenvalue weighted by Gasteiger charge is -2.17. The van der Waals surface area contributed by atoms with Gasteiger partial charge in [-0.3, -0.25) is 9.52 Å². The molecule has 1 aliphatic rings. The zero-order chi connectivity index (χ0) is 15.1. The summed E-state index contributed by atoms with van der Waals surface area (Å²) in [6, 6.07) is 0. The number of ether oxygens (including phenoxy) is 1. The third kappa shape index (κ3) is 2.73. The average Bonchev–Trinajstić information content (AvgIpc) is 3.11. The Morgan fingerprint density at radius 2 is 2.10 bits per heavy atom. The van der Waals surface area contributed by atoms with Crippen LogP contribution in [-0.2, 0) is 20.2 Å². The zero-order valence-corrected chi connectivity index (χ0v) is 13.0. The van der Waals surface area contributed by atoms with Crippen molar-refractivity contribution in [3.05, 3.63) is 5.69 Å². The molecule has 9 heteroatoms. The number of methoxy groups -OCH3 is 1. The van der Waals surface area contributed by atoms with Crippen LogP contribution >= 0.6 is 11.3 Å². The van der Waals surface area contributed by atoms with Crippen molar-refractivity contribution >= 4 is 32.5 Å². The van der Waals surface area contributed by atoms with E-state index in [1.54, 1.807) is 0 Å². The summed E-state index contributed by atoms with van der Waals surface area (Å²) in [7, 11) is -2.03. The van der Waals surface area contributed by atoms with Crippen LogP contribution in [0.2, 0.25) is 0 Å². The summed E-state index contributed by atoms with van der Waals surface area (Å²) >= 11 is 0.989. The van der Waals surface area contributed by atoms with Gasteiger partial charge in [0, 0.05) is 0 Å². The topological polar surface area (TPSA) is 106 Å². The van der Waals surface area contributed by atoms with E-state index in [-0.39, 0.29) is 16.1 Å². The van der Waals surface area contributed by atoms with Crippen molar-refractivity contribution in [3.63, 3.8) is 0 Å². The molecule has 0 aliphatic heterocycles. The first-order valence-corrected chi connectivity index (χ1v) is 8.35. The number of aliphatic carboxylic acids is 1. The molecular weight excluding hydrogens is 304 g/mol. The number of thiazole rings is 1. The highest BCUT2D eigenvalue weighted by Gasteiger charge is 2.39. The Kier molecular flexibility index (Phi) is 3.67. The molecule has 0 aromatic carbocycles. The van der Waals surface area contributed by atoms with E-state index in [0.717, 1.165) is 11.3 Å². The van der Waals surface area contributed by atoms with Crippen molar-refractivity contribution in [1.29, 1.82) is 0 Å². The maximum absolute atomic E-state index is 11.9. The number of carboxylic acids is 1. The molecule has 2 N–H and O–H groups in total. The average molecular weight is 320 g/mol. The van der Waals surface area contributed by atoms with Crippen LogP contribution in [0.25, 0.3) is 0 Å². The van der Waals surface area contributed by atoms with E-state index in [2.05, 4.69) is 9.71 Å². The van der Waals surface area contributed by atoms with Gasteiger partial charge in [-0.05, 0) is 26.7 Å². The fourth-order valence-corrected chi connectivity index (χ4v) is 4.09. The predicted molar refractivity (Wildman–Crippen MR) is 74.9 cm³/mol. The van der Waals surface area contributed by atoms with Gasteiger partial charge in [-0.2, -0.15) is 0 Å². The quantitative estimate of drug-likeness (QED) is 0.821. The maximum atomic E-state index is 11.9. The minimum Gasteiger partial charge on any atom is -0.486 e. The van der Waals surface area contributed by atoms with Crippen LogP contribution in [0.15, 0.2) is 0 Å². The van der Waals surface area contributed by atoms with Crippen LogP contribution in [0.1, 0.15) is 32.4 Å². The largest absolute Gasteiger partial charge is 0.486 e. The van der Waals surface area contributed by atoms with E-state index in [4.69, 9.17) is 4.74 Å². The van der Waals surface area contributed by atoms with E-state index in [0.29, 0.717) is 17.9 Å². The molecular formula is C11H16N2O5S2. The highest BCUT2D eigenvalue weighted by atomic mass is 32.2. The minimum atomic E-state index is -3.42. The highest BCUT2D eigenvalue weighted by Crippen LogP contribution is 2.40. The Morgan fingerprint density at radius 1 is 1.50 bits per heavy atom. The molecule has 2 rings (SSSR count). The first kappa shape index (κ1) is 15.0. The minimum absolute atomic E-state index is 0.137. The van der Waals surface area contributed by atoms with Crippen molar-refractivity contribution in [1.82, 2.24) is 4.98 Å². The number of nitrogens with one attached hydrogen (secondary N) is 1. The van der Waals surface area contributed by atoms with Crippen molar-refractivity contribution in [2.45, 2.75) is 37.4 Å². The van der Waals surface area contributed by atoms with Crippen molar-refractivity contribution < 1.29 is 23.1 Å². The fourth-order valence-electron chi connectivity index (χ4n) is 1.57. The second kappa shape index (κ2) is 4.88. The third-order valence-electron chi connectivity index (χ3n) is 3.10. The highest BCUT2D eigenvalue weighted by molar-refractivity contribution is 7.93. The smallest absolute Gasteiger partial charge is 0.315 e. The summed E-state index contributed by atoms with van der Waals surface area (Å²) in [5.41, 5.74) is -1.04. The van der Waals surface area contributed by atoms with Crippen LogP contribution in [0.4, 0.5) is 5.13 Å². The van der Waals surface area contributed by atoms with Crippen molar-refractivity contribution in [3.8, 4) is 5.06 Å². The van der Waals surface area contributed by atoms with Gasteiger partial charge in [0.15, 0.2) is 10.2 Å². The Bertz CT molecular complexity index is 631. The number of rotatable bonds is 6. The summed E-state index contributed by atoms with van der Waals surface area (Å²) in [6.07, 6.45) is 1.29. The van der Waals surface area contributed by atoms with Gasteiger partial charge in [0.25, 0.3) is 0 Å². The molecule has 0 amide bonds. The molecule has 0 saturated heterocycles. The monoisotopic (exact) mass is 320 g/mol. The van der Waals surface area contributed by atoms with E-state index >= 15 is 0 Å². The number of hydrogen-bond acceptors (Lipinski definition) is 6. The first-order valence-electron chi connectivity index (χ1n) is 5.99. The molecule has 1 aromatic heterocycles. The van der Waals surface area contributed by atoms with Crippen LogP contribution in [0, 0.1) is 0 Å². The summed E-state index contributed by atoms with van der Waals surface area (Å²) in [6.45, 7) is 2.98. The molecule has 0 spiro atoms. The molecule has 1 saturated carbocycles. The normalized spacial score (nSPS) is 15.9. The molecule has 1 aromatic rings. The van der Waals surface area contributed by atoms with Gasteiger partial charge in [-0.1, -0.05) is 11.3 Å². The molecule has 7 nitrogen and oxygen atoms in total. The fraction of sp³-hybridized carbons (Fsp3) is 0.636. The molecule has 20 heavy (non-hydrogen) atoms. The molecule has 112 valence electrons. The van der Waals surface area contributed by atoms with Crippen LogP contribution in [0.3, 0.4) is 0 Å². The Labute approximate surface area is 121 Å². The van der Waals surface area contributed by atoms with Gasteiger partial charge >= 0.3 is 5.97 Å². The van der Waals surface area contributed by atoms with Gasteiger partial charge in [0.1, 0.15) is 11.1 Å². The maximum Gasteiger partial charge on any atom is 0.315 e. The second-order valence-electron chi connectivity index (χ2n) is 5.14. The number of hydrogen-bond donors (Lipinski definition) is 2. The van der Waals surface area contributed by atoms with Gasteiger partial charge in [-0.15, -0.1) is 0 Å². The van der Waals surface area contributed by atoms with Gasteiger partial charge in [-0.25, -0.2) is 13.4 Å². The number of carbonyl (C=O) groups is 1. The van der Waals surface area contributed by atoms with E-state index in [9.17, 15) is 18.3 Å². The standard InChI is InChI=1S/C11H16N2O5S2/c1-11(2,9(14)15)7-8(18-3)19-10(12-7)13-20(16,17)6-4-5-6/h6H,4-5H2,1-3H3,(H,12,13)(H,14,15). The van der Waals surface area contributed by atoms with E-state index in [1.807, 2.05) is 0 Å². The lowest BCUT2D eigenvalue weighted by molar-refractivity contribution is -0.142. The number of aromatic nitrogens is 1. The molecule has 0 radical (unpaired) electrons. The Hall–Kier alpha value is -1.35. The van der Waals surface area contributed by atoms with E-state index < -0.39 is 21.4 Å². The van der Waals surface area contributed by atoms with Crippen molar-refractivity contribution in [2.24, 2.45) is 0 Å². The zero-order valence-electron chi connectivity index (χ0n) is 11.3. The van der Waals surface area contributed by atoms with Gasteiger partial charge < -0.3 is 9.84 Å². The second-order valence-corrected chi connectivity index (χ2v) is 8.06. The SMILES string of the molecule is COc1sc(NS(=O)(=O)C2CC2)nc1C(C)(C)C(=O)O. The number of carboxylic acid groups (broad SMARTS) is 1. The summed E-state index contributed by atoms with van der Waals surface area (Å²) in [5.74, 6) is -1.06. The Morgan fingerprint density at radius 3 is 2.55 bits per heavy atom. The third-order valence-corrected chi connectivity index (χ3v) is 5.99. The van der Waals surface area contributed by atoms with Gasteiger partial charge in [0.2, 0.25) is 10.0 Å².